The zero-order valence-corrected chi connectivity index (χ0v) is 9.31. The van der Waals surface area contributed by atoms with E-state index in [9.17, 15) is 0 Å². The molecule has 0 atom stereocenters. The SMILES string of the molecule is CCCCNc1nc(-c2ccccc2)no1. The van der Waals surface area contributed by atoms with Crippen LogP contribution < -0.4 is 5.32 Å². The Morgan fingerprint density at radius 2 is 2.06 bits per heavy atom. The highest BCUT2D eigenvalue weighted by molar-refractivity contribution is 5.54. The van der Waals surface area contributed by atoms with Crippen LogP contribution in [0.4, 0.5) is 6.01 Å². The van der Waals surface area contributed by atoms with Gasteiger partial charge in [0.25, 0.3) is 0 Å². The van der Waals surface area contributed by atoms with Crippen LogP contribution in [0, 0.1) is 0 Å². The standard InChI is InChI=1S/C12H15N3O/c1-2-3-9-13-12-14-11(15-16-12)10-7-5-4-6-8-10/h4-8H,2-3,9H2,1H3,(H,13,14,15). The smallest absolute Gasteiger partial charge is 0.321 e. The second kappa shape index (κ2) is 5.30. The van der Waals surface area contributed by atoms with Crippen LogP contribution in [0.15, 0.2) is 34.9 Å². The minimum Gasteiger partial charge on any atom is -0.338 e. The first-order valence-corrected chi connectivity index (χ1v) is 5.53. The number of nitrogens with zero attached hydrogens (tertiary/aromatic N) is 2. The number of nitrogens with one attached hydrogen (secondary N) is 1. The summed E-state index contributed by atoms with van der Waals surface area (Å²) in [5.41, 5.74) is 0.967. The molecule has 16 heavy (non-hydrogen) atoms. The van der Waals surface area contributed by atoms with Crippen LogP contribution >= 0.6 is 0 Å². The van der Waals surface area contributed by atoms with Gasteiger partial charge in [-0.25, -0.2) is 0 Å². The van der Waals surface area contributed by atoms with Crippen molar-refractivity contribution in [3.05, 3.63) is 30.3 Å². The molecule has 4 heteroatoms. The lowest BCUT2D eigenvalue weighted by atomic mass is 10.2. The van der Waals surface area contributed by atoms with E-state index in [1.807, 2.05) is 30.3 Å². The average molecular weight is 217 g/mol. The molecule has 0 bridgehead atoms. The molecular formula is C12H15N3O. The second-order valence-corrected chi connectivity index (χ2v) is 3.57. The minimum atomic E-state index is 0.493. The second-order valence-electron chi connectivity index (χ2n) is 3.57. The van der Waals surface area contributed by atoms with Crippen molar-refractivity contribution in [3.63, 3.8) is 0 Å². The Balaban J connectivity index is 2.02. The van der Waals surface area contributed by atoms with Crippen molar-refractivity contribution in [2.75, 3.05) is 11.9 Å². The molecule has 2 rings (SSSR count). The zero-order chi connectivity index (χ0) is 11.2. The normalized spacial score (nSPS) is 10.3. The lowest BCUT2D eigenvalue weighted by Crippen LogP contribution is -2.00. The Morgan fingerprint density at radius 1 is 1.25 bits per heavy atom. The third kappa shape index (κ3) is 2.59. The molecule has 2 aromatic rings. The highest BCUT2D eigenvalue weighted by Gasteiger charge is 2.06. The number of hydrogen-bond donors (Lipinski definition) is 1. The number of rotatable bonds is 5. The summed E-state index contributed by atoms with van der Waals surface area (Å²) in [7, 11) is 0. The van der Waals surface area contributed by atoms with E-state index in [0.29, 0.717) is 11.8 Å². The molecule has 1 aromatic carbocycles. The average Bonchev–Trinajstić information content (AvgIpc) is 2.79. The van der Waals surface area contributed by atoms with Gasteiger partial charge in [0, 0.05) is 12.1 Å². The molecule has 0 aliphatic carbocycles. The minimum absolute atomic E-state index is 0.493. The topological polar surface area (TPSA) is 51.0 Å². The first-order chi connectivity index (χ1) is 7.90. The summed E-state index contributed by atoms with van der Waals surface area (Å²) in [6, 6.07) is 10.3. The van der Waals surface area contributed by atoms with Gasteiger partial charge >= 0.3 is 6.01 Å². The Hall–Kier alpha value is -1.84. The lowest BCUT2D eigenvalue weighted by molar-refractivity contribution is 0.431. The molecule has 1 heterocycles. The summed E-state index contributed by atoms with van der Waals surface area (Å²) < 4.78 is 5.09. The molecule has 1 aromatic heterocycles. The fraction of sp³-hybridized carbons (Fsp3) is 0.333. The Morgan fingerprint density at radius 3 is 2.81 bits per heavy atom. The first-order valence-electron chi connectivity index (χ1n) is 5.53. The lowest BCUT2D eigenvalue weighted by Gasteiger charge is -1.96. The van der Waals surface area contributed by atoms with E-state index < -0.39 is 0 Å². The molecule has 1 N–H and O–H groups in total. The van der Waals surface area contributed by atoms with Crippen LogP contribution in [0.3, 0.4) is 0 Å². The van der Waals surface area contributed by atoms with Gasteiger partial charge in [-0.2, -0.15) is 4.98 Å². The maximum atomic E-state index is 5.09. The number of aromatic nitrogens is 2. The predicted molar refractivity (Wildman–Crippen MR) is 63.1 cm³/mol. The number of unbranched alkanes of at least 4 members (excludes halogenated alkanes) is 1. The summed E-state index contributed by atoms with van der Waals surface area (Å²) >= 11 is 0. The summed E-state index contributed by atoms with van der Waals surface area (Å²) in [5, 5.41) is 7.01. The van der Waals surface area contributed by atoms with Gasteiger partial charge in [-0.15, -0.1) is 0 Å². The third-order valence-corrected chi connectivity index (χ3v) is 2.26. The van der Waals surface area contributed by atoms with Crippen LogP contribution in [0.2, 0.25) is 0 Å². The maximum Gasteiger partial charge on any atom is 0.321 e. The molecule has 0 aliphatic rings. The largest absolute Gasteiger partial charge is 0.338 e. The molecular weight excluding hydrogens is 202 g/mol. The van der Waals surface area contributed by atoms with Crippen molar-refractivity contribution in [3.8, 4) is 11.4 Å². The summed E-state index contributed by atoms with van der Waals surface area (Å²) in [5.74, 6) is 0.625. The van der Waals surface area contributed by atoms with E-state index in [1.54, 1.807) is 0 Å². The summed E-state index contributed by atoms with van der Waals surface area (Å²) in [6.07, 6.45) is 2.25. The van der Waals surface area contributed by atoms with Crippen LogP contribution in [-0.4, -0.2) is 16.7 Å². The third-order valence-electron chi connectivity index (χ3n) is 2.26. The first kappa shape index (κ1) is 10.7. The zero-order valence-electron chi connectivity index (χ0n) is 9.31. The van der Waals surface area contributed by atoms with Crippen LogP contribution in [0.5, 0.6) is 0 Å². The molecule has 84 valence electrons. The van der Waals surface area contributed by atoms with Crippen LogP contribution in [0.1, 0.15) is 19.8 Å². The molecule has 0 unspecified atom stereocenters. The van der Waals surface area contributed by atoms with Gasteiger partial charge in [0.05, 0.1) is 0 Å². The van der Waals surface area contributed by atoms with Crippen LogP contribution in [0.25, 0.3) is 11.4 Å². The van der Waals surface area contributed by atoms with Crippen molar-refractivity contribution in [2.45, 2.75) is 19.8 Å². The van der Waals surface area contributed by atoms with E-state index >= 15 is 0 Å². The Labute approximate surface area is 94.7 Å². The van der Waals surface area contributed by atoms with E-state index in [1.165, 1.54) is 0 Å². The maximum absolute atomic E-state index is 5.09. The number of hydrogen-bond acceptors (Lipinski definition) is 4. The van der Waals surface area contributed by atoms with Gasteiger partial charge in [0.15, 0.2) is 0 Å². The molecule has 4 nitrogen and oxygen atoms in total. The van der Waals surface area contributed by atoms with E-state index in [0.717, 1.165) is 24.9 Å². The number of anilines is 1. The van der Waals surface area contributed by atoms with Gasteiger partial charge in [0.2, 0.25) is 5.82 Å². The van der Waals surface area contributed by atoms with Crippen molar-refractivity contribution >= 4 is 6.01 Å². The van der Waals surface area contributed by atoms with Crippen LogP contribution in [-0.2, 0) is 0 Å². The number of benzene rings is 1. The molecule has 0 saturated heterocycles. The Bertz CT molecular complexity index is 425. The fourth-order valence-corrected chi connectivity index (χ4v) is 1.37. The molecule has 0 aliphatic heterocycles. The van der Waals surface area contributed by atoms with E-state index in [4.69, 9.17) is 4.52 Å². The van der Waals surface area contributed by atoms with Crippen molar-refractivity contribution in [1.29, 1.82) is 0 Å². The van der Waals surface area contributed by atoms with Crippen molar-refractivity contribution < 1.29 is 4.52 Å². The van der Waals surface area contributed by atoms with E-state index in [-0.39, 0.29) is 0 Å². The van der Waals surface area contributed by atoms with Gasteiger partial charge in [-0.3, -0.25) is 0 Å². The van der Waals surface area contributed by atoms with Crippen molar-refractivity contribution in [2.24, 2.45) is 0 Å². The van der Waals surface area contributed by atoms with Gasteiger partial charge in [-0.1, -0.05) is 48.8 Å². The quantitative estimate of drug-likeness (QED) is 0.782. The predicted octanol–water partition coefficient (Wildman–Crippen LogP) is 2.95. The van der Waals surface area contributed by atoms with Gasteiger partial charge in [-0.05, 0) is 6.42 Å². The van der Waals surface area contributed by atoms with Gasteiger partial charge in [0.1, 0.15) is 0 Å². The molecule has 0 spiro atoms. The molecule has 0 fully saturated rings. The molecule has 0 amide bonds. The Kier molecular flexibility index (Phi) is 3.53. The molecule has 0 saturated carbocycles. The fourth-order valence-electron chi connectivity index (χ4n) is 1.37. The van der Waals surface area contributed by atoms with Crippen molar-refractivity contribution in [1.82, 2.24) is 10.1 Å². The summed E-state index contributed by atoms with van der Waals surface area (Å²) in [4.78, 5) is 4.26. The van der Waals surface area contributed by atoms with Gasteiger partial charge < -0.3 is 9.84 Å². The van der Waals surface area contributed by atoms with E-state index in [2.05, 4.69) is 22.4 Å². The highest BCUT2D eigenvalue weighted by Crippen LogP contribution is 2.16. The molecule has 0 radical (unpaired) electrons. The summed E-state index contributed by atoms with van der Waals surface area (Å²) in [6.45, 7) is 3.01. The monoisotopic (exact) mass is 217 g/mol. The highest BCUT2D eigenvalue weighted by atomic mass is 16.5.